The van der Waals surface area contributed by atoms with Crippen molar-refractivity contribution in [1.82, 2.24) is 4.57 Å². The minimum Gasteiger partial charge on any atom is -0.384 e. The van der Waals surface area contributed by atoms with Crippen LogP contribution in [0.1, 0.15) is 12.0 Å². The van der Waals surface area contributed by atoms with Gasteiger partial charge in [0.05, 0.1) is 11.1 Å². The van der Waals surface area contributed by atoms with Crippen molar-refractivity contribution in [2.75, 3.05) is 5.73 Å². The predicted molar refractivity (Wildman–Crippen MR) is 86.3 cm³/mol. The number of pyridine rings is 1. The van der Waals surface area contributed by atoms with E-state index in [4.69, 9.17) is 5.73 Å². The lowest BCUT2D eigenvalue weighted by Gasteiger charge is -2.23. The van der Waals surface area contributed by atoms with Crippen molar-refractivity contribution in [2.45, 2.75) is 19.4 Å². The van der Waals surface area contributed by atoms with Crippen LogP contribution in [0.15, 0.2) is 47.3 Å². The number of hydrogen-bond donors (Lipinski definition) is 1. The summed E-state index contributed by atoms with van der Waals surface area (Å²) in [7, 11) is 0. The Bertz CT molecular complexity index is 942. The summed E-state index contributed by atoms with van der Waals surface area (Å²) in [4.78, 5) is 12.9. The first kappa shape index (κ1) is 13.1. The molecule has 0 bridgehead atoms. The van der Waals surface area contributed by atoms with E-state index in [-0.39, 0.29) is 11.2 Å². The second-order valence-corrected chi connectivity index (χ2v) is 5.66. The lowest BCUT2D eigenvalue weighted by atomic mass is 9.97. The Kier molecular flexibility index (Phi) is 2.79. The highest BCUT2D eigenvalue weighted by molar-refractivity contribution is 5.91. The number of rotatable bonds is 1. The van der Waals surface area contributed by atoms with E-state index in [0.29, 0.717) is 22.3 Å². The standard InChI is InChI=1S/C18H15FN2O/c19-13-8-6-11(7-9-13)15-17(22)14-5-1-3-12-4-2-10-21(16(12)14)18(15)20/h1,3,5-9H,2,4,10,20H2. The summed E-state index contributed by atoms with van der Waals surface area (Å²) in [5, 5.41) is 0.686. The summed E-state index contributed by atoms with van der Waals surface area (Å²) >= 11 is 0. The van der Waals surface area contributed by atoms with E-state index in [9.17, 15) is 9.18 Å². The molecule has 0 saturated heterocycles. The molecule has 110 valence electrons. The highest BCUT2D eigenvalue weighted by atomic mass is 19.1. The van der Waals surface area contributed by atoms with Gasteiger partial charge >= 0.3 is 0 Å². The predicted octanol–water partition coefficient (Wildman–Crippen LogP) is 3.34. The first-order valence-corrected chi connectivity index (χ1v) is 7.36. The van der Waals surface area contributed by atoms with Gasteiger partial charge in [-0.25, -0.2) is 4.39 Å². The van der Waals surface area contributed by atoms with Crippen LogP contribution < -0.4 is 11.2 Å². The van der Waals surface area contributed by atoms with Gasteiger partial charge in [0.15, 0.2) is 5.43 Å². The molecule has 1 aliphatic rings. The number of nitrogens with zero attached hydrogens (tertiary/aromatic N) is 1. The van der Waals surface area contributed by atoms with Gasteiger partial charge in [0.25, 0.3) is 0 Å². The average Bonchev–Trinajstić information content (AvgIpc) is 2.54. The molecule has 0 spiro atoms. The molecule has 1 aliphatic heterocycles. The fraction of sp³-hybridized carbons (Fsp3) is 0.167. The van der Waals surface area contributed by atoms with Gasteiger partial charge in [-0.1, -0.05) is 24.3 Å². The lowest BCUT2D eigenvalue weighted by Crippen LogP contribution is -2.21. The third kappa shape index (κ3) is 1.77. The summed E-state index contributed by atoms with van der Waals surface area (Å²) in [5.41, 5.74) is 9.45. The molecule has 1 aromatic heterocycles. The fourth-order valence-corrected chi connectivity index (χ4v) is 3.36. The molecular formula is C18H15FN2O. The molecule has 2 N–H and O–H groups in total. The minimum atomic E-state index is -0.327. The number of halogens is 1. The highest BCUT2D eigenvalue weighted by Crippen LogP contribution is 2.31. The lowest BCUT2D eigenvalue weighted by molar-refractivity contribution is 0.628. The number of anilines is 1. The SMILES string of the molecule is Nc1c(-c2ccc(F)cc2)c(=O)c2cccc3c2n1CCC3. The molecule has 0 fully saturated rings. The van der Waals surface area contributed by atoms with Gasteiger partial charge in [0.2, 0.25) is 0 Å². The van der Waals surface area contributed by atoms with Gasteiger partial charge in [-0.3, -0.25) is 4.79 Å². The molecule has 0 atom stereocenters. The first-order valence-electron chi connectivity index (χ1n) is 7.36. The third-order valence-corrected chi connectivity index (χ3v) is 4.37. The molecule has 4 heteroatoms. The van der Waals surface area contributed by atoms with Crippen LogP contribution in [0, 0.1) is 5.82 Å². The van der Waals surface area contributed by atoms with E-state index in [1.807, 2.05) is 16.7 Å². The van der Waals surface area contributed by atoms with Gasteiger partial charge in [-0.15, -0.1) is 0 Å². The van der Waals surface area contributed by atoms with Gasteiger partial charge < -0.3 is 10.3 Å². The van der Waals surface area contributed by atoms with Crippen molar-refractivity contribution >= 4 is 16.7 Å². The van der Waals surface area contributed by atoms with E-state index < -0.39 is 0 Å². The molecule has 3 aromatic rings. The van der Waals surface area contributed by atoms with Crippen LogP contribution in [0.25, 0.3) is 22.0 Å². The van der Waals surface area contributed by atoms with Crippen molar-refractivity contribution in [2.24, 2.45) is 0 Å². The molecule has 0 aliphatic carbocycles. The monoisotopic (exact) mass is 294 g/mol. The zero-order valence-corrected chi connectivity index (χ0v) is 12.0. The zero-order valence-electron chi connectivity index (χ0n) is 12.0. The van der Waals surface area contributed by atoms with E-state index in [1.165, 1.54) is 17.7 Å². The maximum Gasteiger partial charge on any atom is 0.199 e. The van der Waals surface area contributed by atoms with Crippen LogP contribution in [0.2, 0.25) is 0 Å². The highest BCUT2D eigenvalue weighted by Gasteiger charge is 2.20. The topological polar surface area (TPSA) is 48.0 Å². The number of aromatic nitrogens is 1. The van der Waals surface area contributed by atoms with Crippen molar-refractivity contribution in [3.05, 3.63) is 64.1 Å². The molecule has 0 unspecified atom stereocenters. The molecule has 0 saturated carbocycles. The second-order valence-electron chi connectivity index (χ2n) is 5.66. The van der Waals surface area contributed by atoms with Crippen LogP contribution >= 0.6 is 0 Å². The molecule has 22 heavy (non-hydrogen) atoms. The van der Waals surface area contributed by atoms with Crippen LogP contribution in [0.5, 0.6) is 0 Å². The normalized spacial score (nSPS) is 13.5. The van der Waals surface area contributed by atoms with E-state index in [2.05, 4.69) is 6.07 Å². The fourth-order valence-electron chi connectivity index (χ4n) is 3.36. The molecule has 3 nitrogen and oxygen atoms in total. The Morgan fingerprint density at radius 2 is 1.86 bits per heavy atom. The van der Waals surface area contributed by atoms with Crippen molar-refractivity contribution in [3.8, 4) is 11.1 Å². The van der Waals surface area contributed by atoms with E-state index in [1.54, 1.807) is 12.1 Å². The number of hydrogen-bond acceptors (Lipinski definition) is 2. The minimum absolute atomic E-state index is 0.0842. The van der Waals surface area contributed by atoms with Crippen LogP contribution in [-0.4, -0.2) is 4.57 Å². The number of nitrogen functional groups attached to an aromatic ring is 1. The van der Waals surface area contributed by atoms with Crippen LogP contribution in [0.3, 0.4) is 0 Å². The first-order chi connectivity index (χ1) is 10.7. The molecule has 0 amide bonds. The largest absolute Gasteiger partial charge is 0.384 e. The summed E-state index contributed by atoms with van der Waals surface area (Å²) in [6, 6.07) is 11.7. The van der Waals surface area contributed by atoms with Gasteiger partial charge in [0.1, 0.15) is 11.6 Å². The number of para-hydroxylation sites is 1. The smallest absolute Gasteiger partial charge is 0.199 e. The van der Waals surface area contributed by atoms with Crippen molar-refractivity contribution < 1.29 is 4.39 Å². The van der Waals surface area contributed by atoms with E-state index in [0.717, 1.165) is 24.9 Å². The molecular weight excluding hydrogens is 279 g/mol. The summed E-state index contributed by atoms with van der Waals surface area (Å²) in [6.45, 7) is 0.799. The van der Waals surface area contributed by atoms with Gasteiger partial charge in [0, 0.05) is 11.9 Å². The zero-order chi connectivity index (χ0) is 15.3. The summed E-state index contributed by atoms with van der Waals surface area (Å²) in [6.07, 6.45) is 1.97. The molecule has 2 aromatic carbocycles. The van der Waals surface area contributed by atoms with Crippen molar-refractivity contribution in [3.63, 3.8) is 0 Å². The number of benzene rings is 2. The maximum absolute atomic E-state index is 13.1. The molecule has 4 rings (SSSR count). The van der Waals surface area contributed by atoms with Gasteiger partial charge in [-0.2, -0.15) is 0 Å². The summed E-state index contributed by atoms with van der Waals surface area (Å²) in [5.74, 6) is 0.142. The number of aryl methyl sites for hydroxylation is 2. The Morgan fingerprint density at radius 3 is 2.64 bits per heavy atom. The van der Waals surface area contributed by atoms with Crippen molar-refractivity contribution in [1.29, 1.82) is 0 Å². The van der Waals surface area contributed by atoms with Crippen LogP contribution in [-0.2, 0) is 13.0 Å². The maximum atomic E-state index is 13.1. The number of nitrogens with two attached hydrogens (primary N) is 1. The summed E-state index contributed by atoms with van der Waals surface area (Å²) < 4.78 is 15.2. The molecule has 2 heterocycles. The Labute approximate surface area is 126 Å². The molecule has 0 radical (unpaired) electrons. The van der Waals surface area contributed by atoms with Gasteiger partial charge in [-0.05, 0) is 42.2 Å². The second kappa shape index (κ2) is 4.70. The quantitative estimate of drug-likeness (QED) is 0.748. The Hall–Kier alpha value is -2.62. The van der Waals surface area contributed by atoms with E-state index >= 15 is 0 Å². The average molecular weight is 294 g/mol. The Balaban J connectivity index is 2.13. The Morgan fingerprint density at radius 1 is 1.09 bits per heavy atom. The van der Waals surface area contributed by atoms with Crippen LogP contribution in [0.4, 0.5) is 10.2 Å². The third-order valence-electron chi connectivity index (χ3n) is 4.37.